The van der Waals surface area contributed by atoms with Crippen LogP contribution in [0.25, 0.3) is 0 Å². The number of nitrogens with zero attached hydrogens (tertiary/aromatic N) is 1. The normalized spacial score (nSPS) is 13.5. The molecule has 0 unspecified atom stereocenters. The Balaban J connectivity index is 0.000000914. The Hall–Kier alpha value is -1.14. The molecule has 6 nitrogen and oxygen atoms in total. The first-order chi connectivity index (χ1) is 22.4. The van der Waals surface area contributed by atoms with Crippen LogP contribution >= 0.6 is 0 Å². The van der Waals surface area contributed by atoms with Crippen LogP contribution < -0.4 is 5.73 Å². The number of hydrogen-bond acceptors (Lipinski definition) is 4. The largest absolute Gasteiger partial charge is 0.481 e. The molecule has 1 amide bonds. The van der Waals surface area contributed by atoms with Crippen molar-refractivity contribution < 1.29 is 19.4 Å². The SMILES string of the molecule is CC(C)CCCCCCCCCCCCCCC(N)=O.O=C(O)CCCCCCCCCCCCCCCCCN1CCOCC1. The number of carbonyl (C=O) groups is 2. The summed E-state index contributed by atoms with van der Waals surface area (Å²) in [6.45, 7) is 10.00. The summed E-state index contributed by atoms with van der Waals surface area (Å²) in [5.74, 6) is 0.0642. The van der Waals surface area contributed by atoms with Crippen molar-refractivity contribution in [3.63, 3.8) is 0 Å². The van der Waals surface area contributed by atoms with Crippen LogP contribution in [-0.4, -0.2) is 54.7 Å². The molecule has 0 aromatic carbocycles. The van der Waals surface area contributed by atoms with E-state index < -0.39 is 5.97 Å². The van der Waals surface area contributed by atoms with E-state index in [-0.39, 0.29) is 5.91 Å². The number of morpholine rings is 1. The molecule has 1 aliphatic rings. The summed E-state index contributed by atoms with van der Waals surface area (Å²) >= 11 is 0. The van der Waals surface area contributed by atoms with Crippen LogP contribution in [0.2, 0.25) is 0 Å². The molecular formula is C40H80N2O4. The van der Waals surface area contributed by atoms with Crippen molar-refractivity contribution in [2.24, 2.45) is 11.7 Å². The van der Waals surface area contributed by atoms with Gasteiger partial charge in [0.25, 0.3) is 0 Å². The van der Waals surface area contributed by atoms with Gasteiger partial charge < -0.3 is 15.6 Å². The van der Waals surface area contributed by atoms with Gasteiger partial charge in [-0.25, -0.2) is 0 Å². The third-order valence-corrected chi connectivity index (χ3v) is 9.42. The van der Waals surface area contributed by atoms with Gasteiger partial charge in [0.2, 0.25) is 5.91 Å². The van der Waals surface area contributed by atoms with Crippen molar-refractivity contribution in [3.8, 4) is 0 Å². The fourth-order valence-corrected chi connectivity index (χ4v) is 6.35. The van der Waals surface area contributed by atoms with Crippen LogP contribution in [0.15, 0.2) is 0 Å². The zero-order chi connectivity index (χ0) is 33.8. The van der Waals surface area contributed by atoms with Gasteiger partial charge in [0.1, 0.15) is 0 Å². The Morgan fingerprint density at radius 2 is 0.870 bits per heavy atom. The maximum atomic E-state index is 10.6. The molecule has 1 fully saturated rings. The van der Waals surface area contributed by atoms with E-state index >= 15 is 0 Å². The minimum absolute atomic E-state index is 0.154. The van der Waals surface area contributed by atoms with E-state index in [4.69, 9.17) is 15.6 Å². The van der Waals surface area contributed by atoms with Crippen LogP contribution in [-0.2, 0) is 14.3 Å². The van der Waals surface area contributed by atoms with Crippen LogP contribution in [0.4, 0.5) is 0 Å². The van der Waals surface area contributed by atoms with Gasteiger partial charge in [0.05, 0.1) is 13.2 Å². The lowest BCUT2D eigenvalue weighted by Crippen LogP contribution is -2.36. The van der Waals surface area contributed by atoms with Crippen LogP contribution in [0, 0.1) is 5.92 Å². The zero-order valence-electron chi connectivity index (χ0n) is 31.0. The van der Waals surface area contributed by atoms with E-state index in [1.54, 1.807) is 0 Å². The van der Waals surface area contributed by atoms with Crippen molar-refractivity contribution in [1.82, 2.24) is 4.90 Å². The first-order valence-corrected chi connectivity index (χ1v) is 20.2. The van der Waals surface area contributed by atoms with Crippen molar-refractivity contribution in [2.45, 2.75) is 206 Å². The molecule has 0 atom stereocenters. The fraction of sp³-hybridized carbons (Fsp3) is 0.950. The highest BCUT2D eigenvalue weighted by Gasteiger charge is 2.08. The highest BCUT2D eigenvalue weighted by molar-refractivity contribution is 5.73. The van der Waals surface area contributed by atoms with E-state index in [1.165, 1.54) is 167 Å². The standard InChI is InChI=1S/C22H43NO3.C18H37NO/c24-22(25)16-14-12-10-8-6-4-2-1-3-5-7-9-11-13-15-17-23-18-20-26-21-19-23;1-17(2)15-13-11-9-7-5-3-4-6-8-10-12-14-16-18(19)20/h1-21H2,(H,24,25);17H,3-16H2,1-2H3,(H2,19,20). The van der Waals surface area contributed by atoms with E-state index in [0.29, 0.717) is 12.8 Å². The number of nitrogens with two attached hydrogens (primary N) is 1. The van der Waals surface area contributed by atoms with Crippen molar-refractivity contribution in [2.75, 3.05) is 32.8 Å². The average Bonchev–Trinajstić information content (AvgIpc) is 3.03. The molecule has 46 heavy (non-hydrogen) atoms. The number of carbonyl (C=O) groups excluding carboxylic acids is 1. The summed E-state index contributed by atoms with van der Waals surface area (Å²) < 4.78 is 5.38. The van der Waals surface area contributed by atoms with Crippen LogP contribution in [0.5, 0.6) is 0 Å². The molecule has 6 heteroatoms. The smallest absolute Gasteiger partial charge is 0.303 e. The summed E-state index contributed by atoms with van der Waals surface area (Å²) in [6.07, 6.45) is 38.0. The molecule has 1 aliphatic heterocycles. The lowest BCUT2D eigenvalue weighted by molar-refractivity contribution is -0.137. The molecule has 0 aliphatic carbocycles. The molecule has 0 radical (unpaired) electrons. The molecule has 0 spiro atoms. The monoisotopic (exact) mass is 653 g/mol. The Kier molecular flexibility index (Phi) is 35.8. The highest BCUT2D eigenvalue weighted by Crippen LogP contribution is 2.15. The van der Waals surface area contributed by atoms with Gasteiger partial charge in [0, 0.05) is 25.9 Å². The predicted molar refractivity (Wildman–Crippen MR) is 197 cm³/mol. The second-order valence-electron chi connectivity index (χ2n) is 14.5. The van der Waals surface area contributed by atoms with Crippen molar-refractivity contribution in [1.29, 1.82) is 0 Å². The topological polar surface area (TPSA) is 92.9 Å². The van der Waals surface area contributed by atoms with E-state index in [1.807, 2.05) is 0 Å². The van der Waals surface area contributed by atoms with Gasteiger partial charge in [-0.1, -0.05) is 174 Å². The Bertz CT molecular complexity index is 637. The molecular weight excluding hydrogens is 572 g/mol. The first kappa shape index (κ1) is 44.9. The number of primary amides is 1. The minimum Gasteiger partial charge on any atom is -0.481 e. The average molecular weight is 653 g/mol. The molecule has 0 aromatic heterocycles. The number of ether oxygens (including phenoxy) is 1. The molecule has 0 saturated carbocycles. The summed E-state index contributed by atoms with van der Waals surface area (Å²) in [5, 5.41) is 8.57. The Labute approximate surface area is 286 Å². The van der Waals surface area contributed by atoms with Gasteiger partial charge in [-0.05, 0) is 31.7 Å². The third-order valence-electron chi connectivity index (χ3n) is 9.42. The molecule has 0 bridgehead atoms. The van der Waals surface area contributed by atoms with Gasteiger partial charge in [0.15, 0.2) is 0 Å². The highest BCUT2D eigenvalue weighted by atomic mass is 16.5. The quantitative estimate of drug-likeness (QED) is 0.0688. The summed E-state index contributed by atoms with van der Waals surface area (Å²) in [6, 6.07) is 0. The van der Waals surface area contributed by atoms with Gasteiger partial charge >= 0.3 is 5.97 Å². The maximum absolute atomic E-state index is 10.6. The number of rotatable bonds is 33. The minimum atomic E-state index is -0.655. The number of hydrogen-bond donors (Lipinski definition) is 2. The number of carboxylic acid groups (broad SMARTS) is 1. The molecule has 1 heterocycles. The zero-order valence-corrected chi connectivity index (χ0v) is 31.0. The van der Waals surface area contributed by atoms with E-state index in [9.17, 15) is 9.59 Å². The second kappa shape index (κ2) is 36.7. The maximum Gasteiger partial charge on any atom is 0.303 e. The first-order valence-electron chi connectivity index (χ1n) is 20.2. The predicted octanol–water partition coefficient (Wildman–Crippen LogP) is 11.2. The number of unbranched alkanes of at least 4 members (excludes halogenated alkanes) is 25. The lowest BCUT2D eigenvalue weighted by Gasteiger charge is -2.26. The third kappa shape index (κ3) is 39.0. The number of amides is 1. The fourth-order valence-electron chi connectivity index (χ4n) is 6.35. The molecule has 1 rings (SSSR count). The van der Waals surface area contributed by atoms with Crippen molar-refractivity contribution >= 4 is 11.9 Å². The van der Waals surface area contributed by atoms with Crippen LogP contribution in [0.1, 0.15) is 206 Å². The lowest BCUT2D eigenvalue weighted by atomic mass is 10.0. The Morgan fingerprint density at radius 1 is 0.543 bits per heavy atom. The van der Waals surface area contributed by atoms with Gasteiger partial charge in [-0.3, -0.25) is 14.5 Å². The van der Waals surface area contributed by atoms with Gasteiger partial charge in [-0.2, -0.15) is 0 Å². The van der Waals surface area contributed by atoms with Crippen molar-refractivity contribution in [3.05, 3.63) is 0 Å². The molecule has 0 aromatic rings. The molecule has 274 valence electrons. The van der Waals surface area contributed by atoms with E-state index in [2.05, 4.69) is 18.7 Å². The van der Waals surface area contributed by atoms with E-state index in [0.717, 1.165) is 51.5 Å². The summed E-state index contributed by atoms with van der Waals surface area (Å²) in [5.41, 5.74) is 5.11. The number of carboxylic acids is 1. The summed E-state index contributed by atoms with van der Waals surface area (Å²) in [4.78, 5) is 23.5. The molecule has 1 saturated heterocycles. The molecule has 3 N–H and O–H groups in total. The Morgan fingerprint density at radius 3 is 1.22 bits per heavy atom. The van der Waals surface area contributed by atoms with Crippen LogP contribution in [0.3, 0.4) is 0 Å². The van der Waals surface area contributed by atoms with Gasteiger partial charge in [-0.15, -0.1) is 0 Å². The number of aliphatic carboxylic acids is 1. The summed E-state index contributed by atoms with van der Waals surface area (Å²) in [7, 11) is 0. The second-order valence-corrected chi connectivity index (χ2v) is 14.5.